The van der Waals surface area contributed by atoms with E-state index in [1.54, 1.807) is 31.2 Å². The predicted octanol–water partition coefficient (Wildman–Crippen LogP) is 2.90. The molecule has 0 aliphatic carbocycles. The highest BCUT2D eigenvalue weighted by atomic mass is 16.5. The highest BCUT2D eigenvalue weighted by molar-refractivity contribution is 5.99. The molecule has 7 heteroatoms. The second-order valence-electron chi connectivity index (χ2n) is 6.76. The van der Waals surface area contributed by atoms with Crippen LogP contribution in [-0.4, -0.2) is 36.1 Å². The highest BCUT2D eigenvalue weighted by Crippen LogP contribution is 2.21. The molecule has 1 aromatic heterocycles. The second-order valence-corrected chi connectivity index (χ2v) is 6.76. The number of ether oxygens (including phenoxy) is 1. The number of hydrogen-bond acceptors (Lipinski definition) is 5. The van der Waals surface area contributed by atoms with E-state index in [-0.39, 0.29) is 5.91 Å². The Hall–Kier alpha value is -3.76. The van der Waals surface area contributed by atoms with E-state index in [2.05, 4.69) is 21.5 Å². The van der Waals surface area contributed by atoms with Crippen molar-refractivity contribution >= 4 is 34.2 Å². The Morgan fingerprint density at radius 1 is 1.17 bits per heavy atom. The zero-order valence-corrected chi connectivity index (χ0v) is 16.7. The molecular weight excluding hydrogens is 380 g/mol. The number of hydrogen-bond donors (Lipinski definition) is 4. The quantitative estimate of drug-likeness (QED) is 0.341. The molecule has 0 fully saturated rings. The molecule has 7 nitrogen and oxygen atoms in total. The molecule has 0 bridgehead atoms. The topological polar surface area (TPSA) is 109 Å². The molecule has 1 atom stereocenters. The molecule has 0 saturated heterocycles. The zero-order valence-electron chi connectivity index (χ0n) is 16.7. The third-order valence-corrected chi connectivity index (χ3v) is 4.52. The van der Waals surface area contributed by atoms with Crippen LogP contribution in [0, 0.1) is 12.3 Å². The van der Waals surface area contributed by atoms with Crippen LogP contribution in [0.1, 0.15) is 23.0 Å². The van der Waals surface area contributed by atoms with Gasteiger partial charge in [-0.3, -0.25) is 4.79 Å². The van der Waals surface area contributed by atoms with Gasteiger partial charge in [0.1, 0.15) is 5.69 Å². The van der Waals surface area contributed by atoms with Gasteiger partial charge < -0.3 is 26.1 Å². The van der Waals surface area contributed by atoms with Crippen molar-refractivity contribution < 1.29 is 14.3 Å². The largest absolute Gasteiger partial charge is 0.461 e. The van der Waals surface area contributed by atoms with Gasteiger partial charge in [0, 0.05) is 22.3 Å². The molecule has 0 radical (unpaired) electrons. The molecule has 1 amide bonds. The third-order valence-electron chi connectivity index (χ3n) is 4.52. The Bertz CT molecular complexity index is 1080. The number of benzene rings is 2. The molecule has 0 saturated carbocycles. The van der Waals surface area contributed by atoms with E-state index in [0.717, 1.165) is 22.2 Å². The lowest BCUT2D eigenvalue weighted by atomic mass is 10.1. The molecule has 3 aromatic rings. The minimum Gasteiger partial charge on any atom is -0.461 e. The lowest BCUT2D eigenvalue weighted by Crippen LogP contribution is -2.37. The van der Waals surface area contributed by atoms with Gasteiger partial charge >= 0.3 is 5.97 Å². The summed E-state index contributed by atoms with van der Waals surface area (Å²) in [6.07, 6.45) is 5.63. The van der Waals surface area contributed by atoms with Crippen molar-refractivity contribution in [1.82, 2.24) is 4.98 Å². The van der Waals surface area contributed by atoms with E-state index in [1.165, 1.54) is 0 Å². The summed E-state index contributed by atoms with van der Waals surface area (Å²) in [7, 11) is 0. The predicted molar refractivity (Wildman–Crippen MR) is 118 cm³/mol. The van der Waals surface area contributed by atoms with Crippen molar-refractivity contribution in [3.8, 4) is 12.3 Å². The molecular formula is C23H24N4O3. The first kappa shape index (κ1) is 21.0. The number of carbonyl (C=O) groups excluding carboxylic acids is 2. The van der Waals surface area contributed by atoms with Crippen molar-refractivity contribution in [2.24, 2.45) is 5.73 Å². The first-order valence-corrected chi connectivity index (χ1v) is 9.62. The number of fused-ring (bicyclic) bond motifs is 1. The number of H-pyrrole nitrogens is 1. The van der Waals surface area contributed by atoms with Crippen LogP contribution in [0.3, 0.4) is 0 Å². The molecule has 5 N–H and O–H groups in total. The van der Waals surface area contributed by atoms with Gasteiger partial charge in [0.25, 0.3) is 0 Å². The van der Waals surface area contributed by atoms with Crippen molar-refractivity contribution in [1.29, 1.82) is 0 Å². The van der Waals surface area contributed by atoms with E-state index in [0.29, 0.717) is 31.0 Å². The lowest BCUT2D eigenvalue weighted by Gasteiger charge is -2.13. The lowest BCUT2D eigenvalue weighted by molar-refractivity contribution is -0.117. The summed E-state index contributed by atoms with van der Waals surface area (Å²) in [5.41, 5.74) is 9.69. The average molecular weight is 404 g/mol. The molecule has 30 heavy (non-hydrogen) atoms. The van der Waals surface area contributed by atoms with Crippen LogP contribution in [0.2, 0.25) is 0 Å². The smallest absolute Gasteiger partial charge is 0.354 e. The van der Waals surface area contributed by atoms with E-state index < -0.39 is 12.0 Å². The minimum absolute atomic E-state index is 0.287. The number of aromatic nitrogens is 1. The van der Waals surface area contributed by atoms with E-state index in [4.69, 9.17) is 16.9 Å². The van der Waals surface area contributed by atoms with Gasteiger partial charge in [-0.25, -0.2) is 4.79 Å². The number of nitrogens with two attached hydrogens (primary N) is 1. The first-order valence-electron chi connectivity index (χ1n) is 9.62. The van der Waals surface area contributed by atoms with Gasteiger partial charge in [0.05, 0.1) is 19.2 Å². The molecule has 1 heterocycles. The molecule has 1 unspecified atom stereocenters. The normalized spacial score (nSPS) is 11.5. The van der Waals surface area contributed by atoms with Gasteiger partial charge in [-0.1, -0.05) is 18.1 Å². The summed E-state index contributed by atoms with van der Waals surface area (Å²) >= 11 is 0. The summed E-state index contributed by atoms with van der Waals surface area (Å²) in [5.74, 6) is 1.81. The van der Waals surface area contributed by atoms with Crippen LogP contribution >= 0.6 is 0 Å². The maximum atomic E-state index is 12.5. The number of rotatable bonds is 8. The summed E-state index contributed by atoms with van der Waals surface area (Å²) in [6, 6.07) is 13.9. The fourth-order valence-electron chi connectivity index (χ4n) is 3.02. The van der Waals surface area contributed by atoms with Crippen LogP contribution in [0.4, 0.5) is 11.4 Å². The molecule has 2 aromatic carbocycles. The summed E-state index contributed by atoms with van der Waals surface area (Å²) in [6.45, 7) is 2.51. The Balaban J connectivity index is 1.62. The Labute approximate surface area is 175 Å². The van der Waals surface area contributed by atoms with Gasteiger partial charge in [-0.05, 0) is 55.3 Å². The van der Waals surface area contributed by atoms with E-state index >= 15 is 0 Å². The Kier molecular flexibility index (Phi) is 6.73. The van der Waals surface area contributed by atoms with Gasteiger partial charge in [0.2, 0.25) is 5.91 Å². The van der Waals surface area contributed by atoms with Gasteiger partial charge in [-0.15, -0.1) is 6.42 Å². The number of anilines is 2. The minimum atomic E-state index is -0.702. The van der Waals surface area contributed by atoms with Crippen LogP contribution in [0.5, 0.6) is 0 Å². The fraction of sp³-hybridized carbons (Fsp3) is 0.217. The van der Waals surface area contributed by atoms with E-state index in [9.17, 15) is 9.59 Å². The number of amides is 1. The molecule has 3 rings (SSSR count). The summed E-state index contributed by atoms with van der Waals surface area (Å²) in [4.78, 5) is 27.4. The van der Waals surface area contributed by atoms with Crippen LogP contribution in [0.15, 0.2) is 48.5 Å². The highest BCUT2D eigenvalue weighted by Gasteiger charge is 2.15. The molecule has 154 valence electrons. The summed E-state index contributed by atoms with van der Waals surface area (Å²) < 4.78 is 5.00. The Morgan fingerprint density at radius 2 is 1.90 bits per heavy atom. The molecule has 0 aliphatic heterocycles. The van der Waals surface area contributed by atoms with Crippen molar-refractivity contribution in [2.45, 2.75) is 19.4 Å². The van der Waals surface area contributed by atoms with Crippen LogP contribution in [-0.2, 0) is 16.0 Å². The van der Waals surface area contributed by atoms with Gasteiger partial charge in [0.15, 0.2) is 0 Å². The van der Waals surface area contributed by atoms with E-state index in [1.807, 2.05) is 24.3 Å². The van der Waals surface area contributed by atoms with Crippen molar-refractivity contribution in [3.05, 3.63) is 59.8 Å². The number of nitrogens with one attached hydrogen (secondary N) is 3. The molecule has 0 aliphatic rings. The number of aromatic amines is 1. The summed E-state index contributed by atoms with van der Waals surface area (Å²) in [5, 5.41) is 6.70. The van der Waals surface area contributed by atoms with Crippen molar-refractivity contribution in [2.75, 3.05) is 23.8 Å². The van der Waals surface area contributed by atoms with Gasteiger partial charge in [-0.2, -0.15) is 0 Å². The van der Waals surface area contributed by atoms with Crippen LogP contribution < -0.4 is 16.4 Å². The maximum absolute atomic E-state index is 12.5. The van der Waals surface area contributed by atoms with Crippen LogP contribution in [0.25, 0.3) is 10.9 Å². The number of esters is 1. The SMILES string of the molecule is C#CCNc1ccc(CC(N)C(=O)Nc2ccc3[nH]c(C(=O)OCC)cc3c2)cc1. The van der Waals surface area contributed by atoms with Crippen molar-refractivity contribution in [3.63, 3.8) is 0 Å². The maximum Gasteiger partial charge on any atom is 0.354 e. The number of terminal acetylenes is 1. The fourth-order valence-corrected chi connectivity index (χ4v) is 3.02. The average Bonchev–Trinajstić information content (AvgIpc) is 3.17. The first-order chi connectivity index (χ1) is 14.5. The third kappa shape index (κ3) is 5.19. The zero-order chi connectivity index (χ0) is 21.5. The second kappa shape index (κ2) is 9.63. The standard InChI is InChI=1S/C23H24N4O3/c1-3-11-25-17-7-5-15(6-8-17)12-19(24)22(28)26-18-9-10-20-16(13-18)14-21(27-20)23(29)30-4-2/h1,5-10,13-14,19,25,27H,4,11-12,24H2,2H3,(H,26,28). The number of carbonyl (C=O) groups is 2. The Morgan fingerprint density at radius 3 is 2.60 bits per heavy atom. The molecule has 0 spiro atoms. The monoisotopic (exact) mass is 404 g/mol.